The lowest BCUT2D eigenvalue weighted by atomic mass is 9.98. The number of carboxylic acid groups (broad SMARTS) is 1. The molecule has 7 heteroatoms. The van der Waals surface area contributed by atoms with Crippen LogP contribution in [-0.2, 0) is 16.0 Å². The van der Waals surface area contributed by atoms with E-state index in [-0.39, 0.29) is 18.8 Å². The van der Waals surface area contributed by atoms with Gasteiger partial charge in [-0.2, -0.15) is 0 Å². The van der Waals surface area contributed by atoms with Crippen molar-refractivity contribution in [3.8, 4) is 0 Å². The van der Waals surface area contributed by atoms with Crippen molar-refractivity contribution >= 4 is 33.8 Å². The number of benzene rings is 1. The highest BCUT2D eigenvalue weighted by molar-refractivity contribution is 6.00. The zero-order valence-corrected chi connectivity index (χ0v) is 18.8. The van der Waals surface area contributed by atoms with Gasteiger partial charge in [-0.25, -0.2) is 9.59 Å². The van der Waals surface area contributed by atoms with Gasteiger partial charge in [0, 0.05) is 28.3 Å². The molecule has 7 nitrogen and oxygen atoms in total. The molecule has 31 heavy (non-hydrogen) atoms. The highest BCUT2D eigenvalue weighted by Crippen LogP contribution is 2.34. The van der Waals surface area contributed by atoms with Gasteiger partial charge < -0.3 is 19.3 Å². The van der Waals surface area contributed by atoms with E-state index < -0.39 is 23.5 Å². The smallest absolute Gasteiger partial charge is 0.339 e. The van der Waals surface area contributed by atoms with Crippen molar-refractivity contribution in [3.63, 3.8) is 0 Å². The summed E-state index contributed by atoms with van der Waals surface area (Å²) in [4.78, 5) is 36.4. The maximum absolute atomic E-state index is 12.7. The normalized spacial score (nSPS) is 12.6. The standard InChI is InChI=1S/C24H29NO6/c1-11(2)9-19(23(27)28)25-20(26)8-7-16-13(4)18-10-17-12(3)15(6)30-21(17)14(5)22(18)31-24(16)29/h10-11,19H,7-9H2,1-6H3,(H,25,26)(H,27,28)/t19-/m0/s1. The van der Waals surface area contributed by atoms with Gasteiger partial charge in [0.15, 0.2) is 0 Å². The van der Waals surface area contributed by atoms with Gasteiger partial charge in [-0.15, -0.1) is 0 Å². The lowest BCUT2D eigenvalue weighted by molar-refractivity contribution is -0.142. The Morgan fingerprint density at radius 3 is 2.23 bits per heavy atom. The minimum Gasteiger partial charge on any atom is -0.480 e. The van der Waals surface area contributed by atoms with Crippen LogP contribution in [0.1, 0.15) is 54.7 Å². The quantitative estimate of drug-likeness (QED) is 0.544. The fourth-order valence-electron chi connectivity index (χ4n) is 3.98. The average molecular weight is 427 g/mol. The van der Waals surface area contributed by atoms with Gasteiger partial charge in [0.25, 0.3) is 0 Å². The molecule has 3 rings (SSSR count). The van der Waals surface area contributed by atoms with Gasteiger partial charge in [-0.05, 0) is 63.6 Å². The van der Waals surface area contributed by atoms with Gasteiger partial charge in [-0.3, -0.25) is 4.79 Å². The summed E-state index contributed by atoms with van der Waals surface area (Å²) in [5.41, 5.74) is 3.70. The molecule has 0 aliphatic heterocycles. The molecule has 0 unspecified atom stereocenters. The highest BCUT2D eigenvalue weighted by atomic mass is 16.4. The van der Waals surface area contributed by atoms with E-state index in [2.05, 4.69) is 5.32 Å². The van der Waals surface area contributed by atoms with Gasteiger partial charge in [0.05, 0.1) is 0 Å². The van der Waals surface area contributed by atoms with E-state index in [9.17, 15) is 19.5 Å². The maximum Gasteiger partial charge on any atom is 0.339 e. The summed E-state index contributed by atoms with van der Waals surface area (Å²) in [6, 6.07) is 1.03. The van der Waals surface area contributed by atoms with E-state index in [0.29, 0.717) is 23.2 Å². The fourth-order valence-corrected chi connectivity index (χ4v) is 3.98. The summed E-state index contributed by atoms with van der Waals surface area (Å²) in [7, 11) is 0. The van der Waals surface area contributed by atoms with Crippen LogP contribution in [0.2, 0.25) is 0 Å². The van der Waals surface area contributed by atoms with E-state index in [1.807, 2.05) is 47.6 Å². The molecule has 0 aliphatic rings. The second kappa shape index (κ2) is 8.57. The molecule has 166 valence electrons. The van der Waals surface area contributed by atoms with Crippen LogP contribution in [0.3, 0.4) is 0 Å². The Balaban J connectivity index is 1.91. The van der Waals surface area contributed by atoms with Crippen LogP contribution < -0.4 is 10.9 Å². The molecule has 0 aliphatic carbocycles. The third-order valence-corrected chi connectivity index (χ3v) is 5.89. The van der Waals surface area contributed by atoms with Crippen molar-refractivity contribution in [1.82, 2.24) is 5.32 Å². The average Bonchev–Trinajstić information content (AvgIpc) is 2.96. The predicted molar refractivity (Wildman–Crippen MR) is 119 cm³/mol. The second-order valence-corrected chi connectivity index (χ2v) is 8.62. The Morgan fingerprint density at radius 1 is 1.00 bits per heavy atom. The number of furan rings is 1. The first-order chi connectivity index (χ1) is 14.5. The van der Waals surface area contributed by atoms with E-state index >= 15 is 0 Å². The molecular formula is C24H29NO6. The second-order valence-electron chi connectivity index (χ2n) is 8.62. The molecule has 1 atom stereocenters. The van der Waals surface area contributed by atoms with E-state index in [1.165, 1.54) is 0 Å². The number of rotatable bonds is 7. The molecular weight excluding hydrogens is 398 g/mol. The summed E-state index contributed by atoms with van der Waals surface area (Å²) in [5, 5.41) is 13.7. The molecule has 0 saturated heterocycles. The van der Waals surface area contributed by atoms with Gasteiger partial charge in [0.2, 0.25) is 5.91 Å². The van der Waals surface area contributed by atoms with Crippen molar-refractivity contribution < 1.29 is 23.5 Å². The summed E-state index contributed by atoms with van der Waals surface area (Å²) in [6.07, 6.45) is 0.519. The van der Waals surface area contributed by atoms with Crippen LogP contribution >= 0.6 is 0 Å². The number of aryl methyl sites for hydroxylation is 4. The Bertz CT molecular complexity index is 1230. The molecule has 3 aromatic rings. The number of hydrogen-bond donors (Lipinski definition) is 2. The van der Waals surface area contributed by atoms with Crippen LogP contribution in [0.15, 0.2) is 19.7 Å². The van der Waals surface area contributed by atoms with Crippen molar-refractivity contribution in [3.05, 3.63) is 44.5 Å². The van der Waals surface area contributed by atoms with Crippen molar-refractivity contribution in [2.24, 2.45) is 5.92 Å². The largest absolute Gasteiger partial charge is 0.480 e. The molecule has 0 radical (unpaired) electrons. The number of carbonyl (C=O) groups is 2. The lowest BCUT2D eigenvalue weighted by Gasteiger charge is -2.16. The predicted octanol–water partition coefficient (Wildman–Crippen LogP) is 4.32. The summed E-state index contributed by atoms with van der Waals surface area (Å²) >= 11 is 0. The van der Waals surface area contributed by atoms with Crippen molar-refractivity contribution in [2.75, 3.05) is 0 Å². The molecule has 1 aromatic carbocycles. The molecule has 2 heterocycles. The van der Waals surface area contributed by atoms with Crippen LogP contribution in [0.25, 0.3) is 21.9 Å². The lowest BCUT2D eigenvalue weighted by Crippen LogP contribution is -2.41. The summed E-state index contributed by atoms with van der Waals surface area (Å²) < 4.78 is 11.5. The molecule has 0 fully saturated rings. The Morgan fingerprint density at radius 2 is 1.61 bits per heavy atom. The third kappa shape index (κ3) is 4.36. The summed E-state index contributed by atoms with van der Waals surface area (Å²) in [6.45, 7) is 11.4. The van der Waals surface area contributed by atoms with Gasteiger partial charge >= 0.3 is 11.6 Å². The van der Waals surface area contributed by atoms with Crippen molar-refractivity contribution in [1.29, 1.82) is 0 Å². The van der Waals surface area contributed by atoms with Crippen LogP contribution in [0, 0.1) is 33.6 Å². The topological polar surface area (TPSA) is 110 Å². The maximum atomic E-state index is 12.7. The van der Waals surface area contributed by atoms with Crippen LogP contribution in [0.4, 0.5) is 0 Å². The molecule has 1 amide bonds. The number of carbonyl (C=O) groups excluding carboxylic acids is 1. The Kier molecular flexibility index (Phi) is 6.25. The number of amides is 1. The summed E-state index contributed by atoms with van der Waals surface area (Å²) in [5.74, 6) is -0.514. The fraction of sp³-hybridized carbons (Fsp3) is 0.458. The minimum atomic E-state index is -1.06. The SMILES string of the molecule is Cc1oc2c(C)c3oc(=O)c(CCC(=O)N[C@@H](CC(C)C)C(=O)O)c(C)c3cc2c1C. The molecule has 0 saturated carbocycles. The Hall–Kier alpha value is -3.09. The first-order valence-electron chi connectivity index (χ1n) is 10.5. The first kappa shape index (κ1) is 22.6. The van der Waals surface area contributed by atoms with Crippen LogP contribution in [0.5, 0.6) is 0 Å². The number of nitrogens with one attached hydrogen (secondary N) is 1. The van der Waals surface area contributed by atoms with Crippen molar-refractivity contribution in [2.45, 2.75) is 66.8 Å². The molecule has 2 N–H and O–H groups in total. The van der Waals surface area contributed by atoms with Gasteiger partial charge in [-0.1, -0.05) is 13.8 Å². The van der Waals surface area contributed by atoms with E-state index in [0.717, 1.165) is 33.2 Å². The van der Waals surface area contributed by atoms with Gasteiger partial charge in [0.1, 0.15) is 23.0 Å². The number of hydrogen-bond acceptors (Lipinski definition) is 5. The van der Waals surface area contributed by atoms with E-state index in [1.54, 1.807) is 0 Å². The minimum absolute atomic E-state index is 0.00402. The van der Waals surface area contributed by atoms with Crippen LogP contribution in [-0.4, -0.2) is 23.0 Å². The monoisotopic (exact) mass is 427 g/mol. The number of aliphatic carboxylic acids is 1. The first-order valence-corrected chi connectivity index (χ1v) is 10.5. The third-order valence-electron chi connectivity index (χ3n) is 5.89. The highest BCUT2D eigenvalue weighted by Gasteiger charge is 2.22. The van der Waals surface area contributed by atoms with E-state index in [4.69, 9.17) is 8.83 Å². The number of fused-ring (bicyclic) bond motifs is 2. The molecule has 0 spiro atoms. The number of carboxylic acids is 1. The Labute approximate surface area is 180 Å². The zero-order valence-electron chi connectivity index (χ0n) is 18.8. The zero-order chi connectivity index (χ0) is 23.0. The molecule has 0 bridgehead atoms. The molecule has 2 aromatic heterocycles.